The number of rotatable bonds is 4. The minimum Gasteiger partial charge on any atom is -0.368 e. The molecule has 8 heteroatoms. The average molecular weight is 435 g/mol. The first-order valence-corrected chi connectivity index (χ1v) is 11.6. The number of carbonyl (C=O) groups excluding carboxylic acids is 1. The number of hydrogen-bond donors (Lipinski definition) is 0. The van der Waals surface area contributed by atoms with E-state index in [2.05, 4.69) is 43.9 Å². The zero-order valence-corrected chi connectivity index (χ0v) is 18.2. The molecule has 0 aliphatic carbocycles. The predicted octanol–water partition coefficient (Wildman–Crippen LogP) is 2.83. The Bertz CT molecular complexity index is 995. The Labute approximate surface area is 186 Å². The van der Waals surface area contributed by atoms with Gasteiger partial charge in [-0.3, -0.25) is 4.79 Å². The molecule has 3 aromatic rings. The van der Waals surface area contributed by atoms with Gasteiger partial charge in [-0.1, -0.05) is 24.3 Å². The topological polar surface area (TPSA) is 55.8 Å². The van der Waals surface area contributed by atoms with Gasteiger partial charge in [-0.05, 0) is 24.3 Å². The average Bonchev–Trinajstić information content (AvgIpc) is 3.35. The third-order valence-corrected chi connectivity index (χ3v) is 6.82. The molecule has 0 unspecified atom stereocenters. The summed E-state index contributed by atoms with van der Waals surface area (Å²) >= 11 is 1.57. The van der Waals surface area contributed by atoms with Crippen LogP contribution < -0.4 is 14.7 Å². The fourth-order valence-electron chi connectivity index (χ4n) is 4.14. The van der Waals surface area contributed by atoms with Crippen LogP contribution in [0.2, 0.25) is 0 Å². The second-order valence-corrected chi connectivity index (χ2v) is 8.63. The van der Waals surface area contributed by atoms with Crippen molar-refractivity contribution in [1.82, 2.24) is 14.9 Å². The fraction of sp³-hybridized carbons (Fsp3) is 0.348. The van der Waals surface area contributed by atoms with Gasteiger partial charge < -0.3 is 19.6 Å². The van der Waals surface area contributed by atoms with E-state index in [0.29, 0.717) is 18.8 Å². The standard InChI is InChI=1S/C23H26N6OS/c30-22(28-14-12-27(13-15-28)21-8-4-5-9-24-21)20-18-31-23(25-20)29-16-10-26(11-17-29)19-6-2-1-3-7-19/h1-9,18H,10-17H2. The summed E-state index contributed by atoms with van der Waals surface area (Å²) in [4.78, 5) is 30.9. The Morgan fingerprint density at radius 3 is 2.16 bits per heavy atom. The van der Waals surface area contributed by atoms with Gasteiger partial charge >= 0.3 is 0 Å². The summed E-state index contributed by atoms with van der Waals surface area (Å²) in [6.07, 6.45) is 1.81. The van der Waals surface area contributed by atoms with Crippen LogP contribution in [0.15, 0.2) is 60.1 Å². The summed E-state index contributed by atoms with van der Waals surface area (Å²) in [5.74, 6) is 1.01. The molecular weight excluding hydrogens is 408 g/mol. The number of thiazole rings is 1. The lowest BCUT2D eigenvalue weighted by Crippen LogP contribution is -2.49. The van der Waals surface area contributed by atoms with E-state index < -0.39 is 0 Å². The molecular formula is C23H26N6OS. The Kier molecular flexibility index (Phi) is 5.71. The van der Waals surface area contributed by atoms with Crippen LogP contribution in [-0.4, -0.2) is 73.1 Å². The number of anilines is 3. The molecule has 31 heavy (non-hydrogen) atoms. The van der Waals surface area contributed by atoms with Crippen LogP contribution in [0.4, 0.5) is 16.6 Å². The molecule has 2 aromatic heterocycles. The van der Waals surface area contributed by atoms with Crippen molar-refractivity contribution in [1.29, 1.82) is 0 Å². The molecule has 2 saturated heterocycles. The van der Waals surface area contributed by atoms with E-state index in [0.717, 1.165) is 50.2 Å². The van der Waals surface area contributed by atoms with Crippen molar-refractivity contribution in [3.63, 3.8) is 0 Å². The highest BCUT2D eigenvalue weighted by atomic mass is 32.1. The molecule has 7 nitrogen and oxygen atoms in total. The number of amides is 1. The van der Waals surface area contributed by atoms with Crippen LogP contribution in [0.3, 0.4) is 0 Å². The number of nitrogens with zero attached hydrogens (tertiary/aromatic N) is 6. The number of piperazine rings is 2. The lowest BCUT2D eigenvalue weighted by Gasteiger charge is -2.36. The zero-order valence-electron chi connectivity index (χ0n) is 17.4. The van der Waals surface area contributed by atoms with Gasteiger partial charge in [0, 0.05) is 69.6 Å². The largest absolute Gasteiger partial charge is 0.368 e. The van der Waals surface area contributed by atoms with Crippen molar-refractivity contribution in [3.8, 4) is 0 Å². The maximum atomic E-state index is 13.0. The SMILES string of the molecule is O=C(c1csc(N2CCN(c3ccccc3)CC2)n1)N1CCN(c2ccccn2)CC1. The molecule has 2 aliphatic rings. The molecule has 160 valence electrons. The highest BCUT2D eigenvalue weighted by Crippen LogP contribution is 2.25. The fourth-order valence-corrected chi connectivity index (χ4v) is 5.00. The molecule has 1 aromatic carbocycles. The molecule has 0 atom stereocenters. The quantitative estimate of drug-likeness (QED) is 0.630. The van der Waals surface area contributed by atoms with Crippen LogP contribution in [0, 0.1) is 0 Å². The third kappa shape index (κ3) is 4.34. The van der Waals surface area contributed by atoms with E-state index in [1.807, 2.05) is 40.7 Å². The number of para-hydroxylation sites is 1. The van der Waals surface area contributed by atoms with Crippen molar-refractivity contribution in [2.24, 2.45) is 0 Å². The second-order valence-electron chi connectivity index (χ2n) is 7.79. The Hall–Kier alpha value is -3.13. The summed E-state index contributed by atoms with van der Waals surface area (Å²) in [6, 6.07) is 16.5. The number of benzene rings is 1. The minimum atomic E-state index is 0.0334. The van der Waals surface area contributed by atoms with Crippen LogP contribution in [-0.2, 0) is 0 Å². The van der Waals surface area contributed by atoms with Crippen molar-refractivity contribution >= 4 is 33.9 Å². The Morgan fingerprint density at radius 2 is 1.45 bits per heavy atom. The summed E-state index contributed by atoms with van der Waals surface area (Å²) in [5, 5.41) is 2.86. The number of hydrogen-bond acceptors (Lipinski definition) is 7. The summed E-state index contributed by atoms with van der Waals surface area (Å²) in [7, 11) is 0. The Balaban J connectivity index is 1.16. The van der Waals surface area contributed by atoms with E-state index in [9.17, 15) is 4.79 Å². The number of pyridine rings is 1. The Morgan fingerprint density at radius 1 is 0.774 bits per heavy atom. The van der Waals surface area contributed by atoms with Crippen molar-refractivity contribution < 1.29 is 4.79 Å². The lowest BCUT2D eigenvalue weighted by molar-refractivity contribution is 0.0741. The highest BCUT2D eigenvalue weighted by Gasteiger charge is 2.26. The molecule has 0 saturated carbocycles. The maximum Gasteiger partial charge on any atom is 0.273 e. The van der Waals surface area contributed by atoms with Gasteiger partial charge in [0.15, 0.2) is 5.13 Å². The van der Waals surface area contributed by atoms with E-state index in [4.69, 9.17) is 4.98 Å². The van der Waals surface area contributed by atoms with E-state index >= 15 is 0 Å². The summed E-state index contributed by atoms with van der Waals surface area (Å²) in [6.45, 7) is 6.72. The van der Waals surface area contributed by atoms with Gasteiger partial charge in [-0.2, -0.15) is 0 Å². The van der Waals surface area contributed by atoms with E-state index in [-0.39, 0.29) is 5.91 Å². The molecule has 1 amide bonds. The molecule has 5 rings (SSSR count). The van der Waals surface area contributed by atoms with Crippen LogP contribution in [0.5, 0.6) is 0 Å². The third-order valence-electron chi connectivity index (χ3n) is 5.92. The van der Waals surface area contributed by atoms with Crippen molar-refractivity contribution in [2.75, 3.05) is 67.1 Å². The number of carbonyl (C=O) groups is 1. The van der Waals surface area contributed by atoms with Gasteiger partial charge in [-0.15, -0.1) is 11.3 Å². The minimum absolute atomic E-state index is 0.0334. The molecule has 0 bridgehead atoms. The first kappa shape index (κ1) is 19.8. The van der Waals surface area contributed by atoms with Gasteiger partial charge in [0.05, 0.1) is 0 Å². The van der Waals surface area contributed by atoms with Crippen LogP contribution >= 0.6 is 11.3 Å². The first-order valence-electron chi connectivity index (χ1n) is 10.7. The van der Waals surface area contributed by atoms with Crippen LogP contribution in [0.1, 0.15) is 10.5 Å². The normalized spacial score (nSPS) is 17.2. The number of aromatic nitrogens is 2. The smallest absolute Gasteiger partial charge is 0.273 e. The van der Waals surface area contributed by atoms with Crippen molar-refractivity contribution in [3.05, 3.63) is 65.8 Å². The summed E-state index contributed by atoms with van der Waals surface area (Å²) in [5.41, 5.74) is 1.83. The molecule has 4 heterocycles. The monoisotopic (exact) mass is 434 g/mol. The van der Waals surface area contributed by atoms with E-state index in [1.54, 1.807) is 11.3 Å². The van der Waals surface area contributed by atoms with Crippen molar-refractivity contribution in [2.45, 2.75) is 0 Å². The van der Waals surface area contributed by atoms with Gasteiger partial charge in [0.2, 0.25) is 0 Å². The van der Waals surface area contributed by atoms with E-state index in [1.165, 1.54) is 5.69 Å². The van der Waals surface area contributed by atoms with Gasteiger partial charge in [-0.25, -0.2) is 9.97 Å². The highest BCUT2D eigenvalue weighted by molar-refractivity contribution is 7.13. The van der Waals surface area contributed by atoms with Gasteiger partial charge in [0.25, 0.3) is 5.91 Å². The second kappa shape index (κ2) is 8.93. The zero-order chi connectivity index (χ0) is 21.0. The lowest BCUT2D eigenvalue weighted by atomic mass is 10.2. The molecule has 0 radical (unpaired) electrons. The molecule has 2 aliphatic heterocycles. The molecule has 2 fully saturated rings. The van der Waals surface area contributed by atoms with Crippen LogP contribution in [0.25, 0.3) is 0 Å². The maximum absolute atomic E-state index is 13.0. The molecule has 0 spiro atoms. The summed E-state index contributed by atoms with van der Waals surface area (Å²) < 4.78 is 0. The van der Waals surface area contributed by atoms with Gasteiger partial charge in [0.1, 0.15) is 11.5 Å². The first-order chi connectivity index (χ1) is 15.3. The molecule has 0 N–H and O–H groups in total. The predicted molar refractivity (Wildman–Crippen MR) is 125 cm³/mol.